The second-order valence-electron chi connectivity index (χ2n) is 8.65. The highest BCUT2D eigenvalue weighted by molar-refractivity contribution is 7.20. The number of thiophene rings is 1. The first-order chi connectivity index (χ1) is 15.5. The summed E-state index contributed by atoms with van der Waals surface area (Å²) >= 11 is 0.977. The lowest BCUT2D eigenvalue weighted by atomic mass is 10.1. The summed E-state index contributed by atoms with van der Waals surface area (Å²) in [5, 5.41) is 0.234. The van der Waals surface area contributed by atoms with Crippen molar-refractivity contribution in [1.82, 2.24) is 9.13 Å². The van der Waals surface area contributed by atoms with Crippen molar-refractivity contribution in [3.63, 3.8) is 0 Å². The number of nitrogens with zero attached hydrogens (tertiary/aromatic N) is 2. The van der Waals surface area contributed by atoms with E-state index in [1.54, 1.807) is 27.7 Å². The van der Waals surface area contributed by atoms with Crippen molar-refractivity contribution in [1.29, 1.82) is 0 Å². The number of esters is 1. The van der Waals surface area contributed by atoms with E-state index in [0.29, 0.717) is 12.0 Å². The number of fused-ring (bicyclic) bond motifs is 1. The van der Waals surface area contributed by atoms with Crippen LogP contribution in [0.5, 0.6) is 0 Å². The van der Waals surface area contributed by atoms with Crippen LogP contribution in [-0.4, -0.2) is 20.7 Å². The maximum atomic E-state index is 13.3. The summed E-state index contributed by atoms with van der Waals surface area (Å²) in [6.45, 7) is 6.92. The van der Waals surface area contributed by atoms with Crippen LogP contribution in [0, 0.1) is 6.92 Å². The Hall–Kier alpha value is -3.07. The fourth-order valence-corrected chi connectivity index (χ4v) is 4.69. The van der Waals surface area contributed by atoms with E-state index in [1.165, 1.54) is 4.57 Å². The van der Waals surface area contributed by atoms with E-state index >= 15 is 0 Å². The van der Waals surface area contributed by atoms with Crippen molar-refractivity contribution in [3.05, 3.63) is 79.3 Å². The Balaban J connectivity index is 2.15. The number of carbonyl (C=O) groups is 1. The smallest absolute Gasteiger partial charge is 0.349 e. The monoisotopic (exact) mass is 476 g/mol. The summed E-state index contributed by atoms with van der Waals surface area (Å²) in [6.07, 6.45) is -0.754. The summed E-state index contributed by atoms with van der Waals surface area (Å²) in [6, 6.07) is 9.40. The Kier molecular flexibility index (Phi) is 7.31. The zero-order valence-corrected chi connectivity index (χ0v) is 19.8. The lowest BCUT2D eigenvalue weighted by Crippen LogP contribution is -2.40. The molecule has 0 aliphatic heterocycles. The van der Waals surface area contributed by atoms with Crippen LogP contribution in [0.4, 0.5) is 8.78 Å². The molecule has 0 saturated heterocycles. The Morgan fingerprint density at radius 1 is 1.09 bits per heavy atom. The number of allylic oxidation sites excluding steroid dienone is 1. The molecule has 0 aliphatic rings. The molecule has 6 nitrogen and oxygen atoms in total. The van der Waals surface area contributed by atoms with Gasteiger partial charge in [-0.3, -0.25) is 13.9 Å². The minimum atomic E-state index is -1.84. The average Bonchev–Trinajstić information content (AvgIpc) is 3.07. The number of benzene rings is 1. The summed E-state index contributed by atoms with van der Waals surface area (Å²) < 4.78 is 33.1. The second kappa shape index (κ2) is 9.82. The highest BCUT2D eigenvalue weighted by Gasteiger charge is 2.26. The lowest BCUT2D eigenvalue weighted by Gasteiger charge is -2.19. The third kappa shape index (κ3) is 5.65. The van der Waals surface area contributed by atoms with Crippen LogP contribution in [0.3, 0.4) is 0 Å². The molecule has 0 radical (unpaired) electrons. The molecule has 2 aromatic heterocycles. The van der Waals surface area contributed by atoms with Gasteiger partial charge in [0, 0.05) is 13.1 Å². The SMILES string of the molecule is Cc1c(C(=O)OC(C)(C)C)sc2c1c(=O)n(CCc1ccccc1)c(=O)n2CCC=C(F)F. The molecule has 0 bridgehead atoms. The van der Waals surface area contributed by atoms with E-state index in [4.69, 9.17) is 4.74 Å². The summed E-state index contributed by atoms with van der Waals surface area (Å²) in [4.78, 5) is 39.8. The van der Waals surface area contributed by atoms with E-state index in [1.807, 2.05) is 30.3 Å². The molecule has 3 rings (SSSR count). The van der Waals surface area contributed by atoms with Gasteiger partial charge in [-0.15, -0.1) is 11.3 Å². The first-order valence-electron chi connectivity index (χ1n) is 10.5. The van der Waals surface area contributed by atoms with Crippen molar-refractivity contribution >= 4 is 27.5 Å². The molecular formula is C24H26F2N2O4S. The van der Waals surface area contributed by atoms with Crippen molar-refractivity contribution in [2.45, 2.75) is 59.2 Å². The topological polar surface area (TPSA) is 70.3 Å². The zero-order chi connectivity index (χ0) is 24.3. The average molecular weight is 477 g/mol. The lowest BCUT2D eigenvalue weighted by molar-refractivity contribution is 0.00746. The van der Waals surface area contributed by atoms with Gasteiger partial charge in [-0.2, -0.15) is 8.78 Å². The number of rotatable bonds is 7. The van der Waals surface area contributed by atoms with Gasteiger partial charge in [0.2, 0.25) is 0 Å². The second-order valence-corrected chi connectivity index (χ2v) is 9.65. The van der Waals surface area contributed by atoms with Crippen LogP contribution in [-0.2, 0) is 24.2 Å². The highest BCUT2D eigenvalue weighted by atomic mass is 32.1. The van der Waals surface area contributed by atoms with Crippen LogP contribution in [0.25, 0.3) is 10.2 Å². The van der Waals surface area contributed by atoms with Gasteiger partial charge < -0.3 is 4.74 Å². The van der Waals surface area contributed by atoms with Crippen molar-refractivity contribution in [3.8, 4) is 0 Å². The van der Waals surface area contributed by atoms with E-state index < -0.39 is 28.9 Å². The molecule has 3 aromatic rings. The molecule has 176 valence electrons. The van der Waals surface area contributed by atoms with E-state index in [2.05, 4.69) is 0 Å². The van der Waals surface area contributed by atoms with E-state index in [0.717, 1.165) is 27.5 Å². The van der Waals surface area contributed by atoms with Gasteiger partial charge in [0.05, 0.1) is 5.39 Å². The Morgan fingerprint density at radius 3 is 2.36 bits per heavy atom. The number of aryl methyl sites for hydroxylation is 3. The Labute approximate surface area is 193 Å². The summed E-state index contributed by atoms with van der Waals surface area (Å²) in [5.74, 6) is -0.592. The first-order valence-corrected chi connectivity index (χ1v) is 11.4. The maximum absolute atomic E-state index is 13.3. The van der Waals surface area contributed by atoms with Crippen LogP contribution in [0.1, 0.15) is 48.0 Å². The molecule has 33 heavy (non-hydrogen) atoms. The normalized spacial score (nSPS) is 11.6. The molecule has 0 saturated carbocycles. The molecule has 0 aliphatic carbocycles. The van der Waals surface area contributed by atoms with Crippen LogP contribution in [0.2, 0.25) is 0 Å². The molecule has 2 heterocycles. The van der Waals surface area contributed by atoms with Gasteiger partial charge in [-0.1, -0.05) is 30.3 Å². The third-order valence-corrected chi connectivity index (χ3v) is 6.29. The Morgan fingerprint density at radius 2 is 1.76 bits per heavy atom. The third-order valence-electron chi connectivity index (χ3n) is 5.00. The number of hydrogen-bond acceptors (Lipinski definition) is 5. The summed E-state index contributed by atoms with van der Waals surface area (Å²) in [7, 11) is 0. The van der Waals surface area contributed by atoms with Gasteiger partial charge in [0.25, 0.3) is 11.6 Å². The van der Waals surface area contributed by atoms with Gasteiger partial charge in [-0.05, 0) is 57.7 Å². The Bertz CT molecular complexity index is 1310. The maximum Gasteiger partial charge on any atom is 0.349 e. The zero-order valence-electron chi connectivity index (χ0n) is 19.0. The van der Waals surface area contributed by atoms with Crippen LogP contribution >= 0.6 is 11.3 Å². The largest absolute Gasteiger partial charge is 0.456 e. The number of aromatic nitrogens is 2. The molecule has 0 amide bonds. The fourth-order valence-electron chi connectivity index (χ4n) is 3.50. The number of hydrogen-bond donors (Lipinski definition) is 0. The molecule has 0 spiro atoms. The minimum absolute atomic E-state index is 0.0496. The summed E-state index contributed by atoms with van der Waals surface area (Å²) in [5.41, 5.74) is -0.456. The standard InChI is InChI=1S/C24H26F2N2O4S/c1-15-18-20(29)27(14-12-16-9-6-5-7-10-16)23(31)28(13-8-11-17(25)26)21(18)33-19(15)22(30)32-24(2,3)4/h5-7,9-11H,8,12-14H2,1-4H3. The first kappa shape index (κ1) is 24.6. The van der Waals surface area contributed by atoms with Crippen molar-refractivity contribution < 1.29 is 18.3 Å². The van der Waals surface area contributed by atoms with E-state index in [-0.39, 0.29) is 34.6 Å². The number of ether oxygens (including phenoxy) is 1. The van der Waals surface area contributed by atoms with Crippen molar-refractivity contribution in [2.24, 2.45) is 0 Å². The number of halogens is 2. The predicted molar refractivity (Wildman–Crippen MR) is 125 cm³/mol. The molecule has 0 fully saturated rings. The highest BCUT2D eigenvalue weighted by Crippen LogP contribution is 2.30. The fraction of sp³-hybridized carbons (Fsp3) is 0.375. The quantitative estimate of drug-likeness (QED) is 0.455. The van der Waals surface area contributed by atoms with Gasteiger partial charge in [0.15, 0.2) is 0 Å². The molecule has 0 atom stereocenters. The minimum Gasteiger partial charge on any atom is -0.456 e. The van der Waals surface area contributed by atoms with Crippen LogP contribution < -0.4 is 11.2 Å². The van der Waals surface area contributed by atoms with Crippen LogP contribution in [0.15, 0.2) is 52.1 Å². The molecule has 0 N–H and O–H groups in total. The molecule has 0 unspecified atom stereocenters. The number of carbonyl (C=O) groups excluding carboxylic acids is 1. The van der Waals surface area contributed by atoms with Gasteiger partial charge in [-0.25, -0.2) is 9.59 Å². The predicted octanol–water partition coefficient (Wildman–Crippen LogP) is 4.90. The van der Waals surface area contributed by atoms with Crippen molar-refractivity contribution in [2.75, 3.05) is 0 Å². The molecular weight excluding hydrogens is 450 g/mol. The van der Waals surface area contributed by atoms with E-state index in [9.17, 15) is 23.2 Å². The van der Waals surface area contributed by atoms with Gasteiger partial charge >= 0.3 is 11.7 Å². The molecule has 9 heteroatoms. The molecule has 1 aromatic carbocycles. The van der Waals surface area contributed by atoms with Gasteiger partial charge in [0.1, 0.15) is 15.3 Å².